The summed E-state index contributed by atoms with van der Waals surface area (Å²) in [4.78, 5) is 52.3. The number of thiazole rings is 1. The highest BCUT2D eigenvalue weighted by atomic mass is 35.5. The first kappa shape index (κ1) is 28.4. The van der Waals surface area contributed by atoms with Crippen molar-refractivity contribution in [2.75, 3.05) is 0 Å². The van der Waals surface area contributed by atoms with Gasteiger partial charge < -0.3 is 4.74 Å². The summed E-state index contributed by atoms with van der Waals surface area (Å²) in [6, 6.07) is 12.1. The second-order valence-corrected chi connectivity index (χ2v) is 11.7. The molecule has 2 aromatic carbocycles. The maximum Gasteiger partial charge on any atom is 0.338 e. The van der Waals surface area contributed by atoms with Crippen molar-refractivity contribution in [1.82, 2.24) is 14.5 Å². The van der Waals surface area contributed by atoms with Gasteiger partial charge in [0.25, 0.3) is 11.2 Å². The predicted octanol–water partition coefficient (Wildman–Crippen LogP) is 4.69. The van der Waals surface area contributed by atoms with Crippen LogP contribution in [0.15, 0.2) is 92.0 Å². The zero-order valence-corrected chi connectivity index (χ0v) is 24.4. The SMILES string of the molecule is CC1=C(C(=O)OC(C)C)[C@H](c2ccc(Cl)cc2)n2c(s/c(=C/c3cc([N+](=O)[O-])ccc3Sc3ncccn3)c2=O)=N1. The number of rotatable bonds is 7. The van der Waals surface area contributed by atoms with Crippen molar-refractivity contribution in [1.29, 1.82) is 0 Å². The van der Waals surface area contributed by atoms with E-state index in [4.69, 9.17) is 16.3 Å². The van der Waals surface area contributed by atoms with E-state index in [1.54, 1.807) is 75.6 Å². The van der Waals surface area contributed by atoms with E-state index in [9.17, 15) is 19.7 Å². The number of hydrogen-bond acceptors (Lipinski definition) is 10. The van der Waals surface area contributed by atoms with Gasteiger partial charge in [0.2, 0.25) is 0 Å². The Morgan fingerprint density at radius 1 is 1.20 bits per heavy atom. The zero-order valence-electron chi connectivity index (χ0n) is 22.0. The van der Waals surface area contributed by atoms with E-state index >= 15 is 0 Å². The topological polar surface area (TPSA) is 130 Å². The van der Waals surface area contributed by atoms with Crippen LogP contribution in [0.1, 0.15) is 37.9 Å². The minimum atomic E-state index is -0.811. The third-order valence-corrected chi connectivity index (χ3v) is 8.22. The lowest BCUT2D eigenvalue weighted by molar-refractivity contribution is -0.384. The van der Waals surface area contributed by atoms with E-state index in [2.05, 4.69) is 15.0 Å². The van der Waals surface area contributed by atoms with E-state index in [0.29, 0.717) is 36.7 Å². The molecule has 0 fully saturated rings. The van der Waals surface area contributed by atoms with E-state index < -0.39 is 22.5 Å². The minimum absolute atomic E-state index is 0.129. The average molecular weight is 608 g/mol. The number of allylic oxidation sites excluding steroid dienone is 1. The third kappa shape index (κ3) is 5.99. The van der Waals surface area contributed by atoms with Crippen LogP contribution in [0.5, 0.6) is 0 Å². The molecule has 5 rings (SSSR count). The standard InChI is InChI=1S/C28H22ClN5O5S2/c1-15(2)39-26(36)23-16(3)32-28-33(24(23)17-5-7-19(29)8-6-17)25(35)22(41-28)14-18-13-20(34(37)38)9-10-21(18)40-27-30-11-4-12-31-27/h4-15,24H,1-3H3/b22-14+/t24-/m0/s1. The van der Waals surface area contributed by atoms with E-state index in [0.717, 1.165) is 11.3 Å². The molecule has 0 N–H and O–H groups in total. The molecule has 0 unspecified atom stereocenters. The zero-order chi connectivity index (χ0) is 29.3. The molecule has 13 heteroatoms. The number of non-ortho nitro benzene ring substituents is 1. The smallest absolute Gasteiger partial charge is 0.338 e. The number of benzene rings is 2. The average Bonchev–Trinajstić information content (AvgIpc) is 3.23. The molecule has 3 heterocycles. The summed E-state index contributed by atoms with van der Waals surface area (Å²) in [7, 11) is 0. The number of carbonyl (C=O) groups excluding carboxylic acids is 1. The van der Waals surface area contributed by atoms with E-state index in [-0.39, 0.29) is 21.9 Å². The van der Waals surface area contributed by atoms with Crippen LogP contribution >= 0.6 is 34.7 Å². The number of carbonyl (C=O) groups is 1. The number of aromatic nitrogens is 3. The Morgan fingerprint density at radius 3 is 2.56 bits per heavy atom. The summed E-state index contributed by atoms with van der Waals surface area (Å²) in [5.74, 6) is -0.573. The quantitative estimate of drug-likeness (QED) is 0.128. The molecule has 0 saturated carbocycles. The first-order valence-electron chi connectivity index (χ1n) is 12.3. The van der Waals surface area contributed by atoms with Gasteiger partial charge >= 0.3 is 5.97 Å². The van der Waals surface area contributed by atoms with Crippen molar-refractivity contribution in [2.45, 2.75) is 43.0 Å². The number of nitrogens with zero attached hydrogens (tertiary/aromatic N) is 5. The molecular formula is C28H22ClN5O5S2. The van der Waals surface area contributed by atoms with Gasteiger partial charge in [-0.3, -0.25) is 19.5 Å². The Kier molecular flexibility index (Phi) is 8.15. The normalized spacial score (nSPS) is 15.0. The van der Waals surface area contributed by atoms with Gasteiger partial charge in [0.05, 0.1) is 32.9 Å². The molecule has 208 valence electrons. The van der Waals surface area contributed by atoms with Crippen molar-refractivity contribution in [3.05, 3.63) is 118 Å². The van der Waals surface area contributed by atoms with Crippen molar-refractivity contribution in [3.63, 3.8) is 0 Å². The third-order valence-electron chi connectivity index (χ3n) is 6.00. The van der Waals surface area contributed by atoms with Gasteiger partial charge in [-0.1, -0.05) is 35.1 Å². The van der Waals surface area contributed by atoms with Crippen LogP contribution in [0, 0.1) is 10.1 Å². The fourth-order valence-electron chi connectivity index (χ4n) is 4.25. The number of ether oxygens (including phenoxy) is 1. The van der Waals surface area contributed by atoms with Gasteiger partial charge in [0.1, 0.15) is 0 Å². The molecular weight excluding hydrogens is 586 g/mol. The maximum atomic E-state index is 14.0. The first-order valence-corrected chi connectivity index (χ1v) is 14.4. The van der Waals surface area contributed by atoms with Crippen molar-refractivity contribution in [2.24, 2.45) is 4.99 Å². The molecule has 1 aliphatic rings. The molecule has 10 nitrogen and oxygen atoms in total. The van der Waals surface area contributed by atoms with Crippen LogP contribution in [0.3, 0.4) is 0 Å². The van der Waals surface area contributed by atoms with Crippen molar-refractivity contribution < 1.29 is 14.5 Å². The van der Waals surface area contributed by atoms with Gasteiger partial charge in [0.15, 0.2) is 9.96 Å². The molecule has 1 aliphatic heterocycles. The molecule has 41 heavy (non-hydrogen) atoms. The Morgan fingerprint density at radius 2 is 1.90 bits per heavy atom. The van der Waals surface area contributed by atoms with Crippen molar-refractivity contribution >= 4 is 52.4 Å². The Labute approximate surface area is 246 Å². The van der Waals surface area contributed by atoms with Crippen LogP contribution < -0.4 is 14.9 Å². The van der Waals surface area contributed by atoms with E-state index in [1.807, 2.05) is 0 Å². The molecule has 0 aliphatic carbocycles. The summed E-state index contributed by atoms with van der Waals surface area (Å²) >= 11 is 8.47. The lowest BCUT2D eigenvalue weighted by atomic mass is 9.96. The number of fused-ring (bicyclic) bond motifs is 1. The number of esters is 1. The second-order valence-electron chi connectivity index (χ2n) is 9.20. The van der Waals surface area contributed by atoms with Crippen LogP contribution in [0.25, 0.3) is 6.08 Å². The van der Waals surface area contributed by atoms with Gasteiger partial charge in [-0.25, -0.2) is 19.8 Å². The number of hydrogen-bond donors (Lipinski definition) is 0. The lowest BCUT2D eigenvalue weighted by Crippen LogP contribution is -2.40. The summed E-state index contributed by atoms with van der Waals surface area (Å²) in [6.07, 6.45) is 4.40. The monoisotopic (exact) mass is 607 g/mol. The molecule has 4 aromatic rings. The highest BCUT2D eigenvalue weighted by Crippen LogP contribution is 2.33. The molecule has 0 spiro atoms. The fraction of sp³-hybridized carbons (Fsp3) is 0.179. The lowest BCUT2D eigenvalue weighted by Gasteiger charge is -2.25. The highest BCUT2D eigenvalue weighted by molar-refractivity contribution is 7.99. The highest BCUT2D eigenvalue weighted by Gasteiger charge is 2.33. The van der Waals surface area contributed by atoms with Gasteiger partial charge in [-0.2, -0.15) is 0 Å². The number of halogens is 1. The molecule has 0 radical (unpaired) electrons. The number of nitro benzene ring substituents is 1. The van der Waals surface area contributed by atoms with Crippen LogP contribution in [0.2, 0.25) is 5.02 Å². The molecule has 0 amide bonds. The summed E-state index contributed by atoms with van der Waals surface area (Å²) in [6.45, 7) is 5.19. The summed E-state index contributed by atoms with van der Waals surface area (Å²) < 4.78 is 7.25. The predicted molar refractivity (Wildman–Crippen MR) is 156 cm³/mol. The second kappa shape index (κ2) is 11.8. The van der Waals surface area contributed by atoms with Crippen LogP contribution in [0.4, 0.5) is 5.69 Å². The number of nitro groups is 1. The summed E-state index contributed by atoms with van der Waals surface area (Å²) in [5.41, 5.74) is 1.23. The van der Waals surface area contributed by atoms with E-state index in [1.165, 1.54) is 28.5 Å². The first-order chi connectivity index (χ1) is 19.6. The van der Waals surface area contributed by atoms with Gasteiger partial charge in [0, 0.05) is 34.4 Å². The Balaban J connectivity index is 1.70. The molecule has 2 aromatic heterocycles. The van der Waals surface area contributed by atoms with Gasteiger partial charge in [-0.15, -0.1) is 0 Å². The largest absolute Gasteiger partial charge is 0.459 e. The molecule has 1 atom stereocenters. The summed E-state index contributed by atoms with van der Waals surface area (Å²) in [5, 5.41) is 12.5. The molecule has 0 bridgehead atoms. The fourth-order valence-corrected chi connectivity index (χ4v) is 6.21. The molecule has 0 saturated heterocycles. The minimum Gasteiger partial charge on any atom is -0.459 e. The van der Waals surface area contributed by atoms with Gasteiger partial charge in [-0.05, 0) is 74.0 Å². The van der Waals surface area contributed by atoms with Crippen LogP contribution in [-0.4, -0.2) is 31.5 Å². The van der Waals surface area contributed by atoms with Crippen LogP contribution in [-0.2, 0) is 9.53 Å². The maximum absolute atomic E-state index is 14.0. The Bertz CT molecular complexity index is 1870. The van der Waals surface area contributed by atoms with Crippen molar-refractivity contribution in [3.8, 4) is 0 Å². The Hall–Kier alpha value is -4.13.